The molecule has 0 fully saturated rings. The Kier molecular flexibility index (Phi) is 14.6. The number of benzene rings is 2. The molecule has 2 aliphatic rings. The summed E-state index contributed by atoms with van der Waals surface area (Å²) in [5.74, 6) is 2.77. The second-order valence-corrected chi connectivity index (χ2v) is 13.9. The van der Waals surface area contributed by atoms with Crippen LogP contribution < -0.4 is 0 Å². The van der Waals surface area contributed by atoms with Gasteiger partial charge in [-0.05, 0) is 123 Å². The first-order valence-electron chi connectivity index (χ1n) is 18.2. The Balaban J connectivity index is 1.05. The molecule has 236 valence electrons. The topological polar surface area (TPSA) is 9.23 Å². The molecule has 2 aromatic carbocycles. The van der Waals surface area contributed by atoms with Gasteiger partial charge in [-0.1, -0.05) is 125 Å². The van der Waals surface area contributed by atoms with E-state index in [0.29, 0.717) is 23.7 Å². The average molecular weight is 583 g/mol. The summed E-state index contributed by atoms with van der Waals surface area (Å²) in [5.41, 5.74) is 9.42. The first kappa shape index (κ1) is 33.8. The van der Waals surface area contributed by atoms with E-state index in [1.54, 1.807) is 11.1 Å². The van der Waals surface area contributed by atoms with E-state index >= 15 is 0 Å². The van der Waals surface area contributed by atoms with Crippen molar-refractivity contribution in [2.75, 3.05) is 13.2 Å². The Hall–Kier alpha value is -2.12. The van der Waals surface area contributed by atoms with Crippen LogP contribution in [0.4, 0.5) is 0 Å². The van der Waals surface area contributed by atoms with Crippen molar-refractivity contribution in [1.29, 1.82) is 0 Å². The number of hydrogen-bond acceptors (Lipinski definition) is 1. The summed E-state index contributed by atoms with van der Waals surface area (Å²) >= 11 is 0. The lowest BCUT2D eigenvalue weighted by atomic mass is 9.82. The molecule has 0 bridgehead atoms. The van der Waals surface area contributed by atoms with E-state index in [2.05, 4.69) is 88.4 Å². The maximum Gasteiger partial charge on any atom is 0.0469 e. The van der Waals surface area contributed by atoms with Crippen molar-refractivity contribution >= 4 is 0 Å². The summed E-state index contributed by atoms with van der Waals surface area (Å²) in [7, 11) is 0. The summed E-state index contributed by atoms with van der Waals surface area (Å²) in [6, 6.07) is 19.2. The second kappa shape index (κ2) is 18.6. The zero-order valence-corrected chi connectivity index (χ0v) is 28.2. The van der Waals surface area contributed by atoms with Gasteiger partial charge in [-0.15, -0.1) is 0 Å². The van der Waals surface area contributed by atoms with Gasteiger partial charge in [0.1, 0.15) is 0 Å². The molecule has 0 aliphatic heterocycles. The van der Waals surface area contributed by atoms with Crippen molar-refractivity contribution in [3.05, 3.63) is 94.1 Å². The molecule has 0 amide bonds. The molecule has 1 heteroatoms. The predicted octanol–water partition coefficient (Wildman–Crippen LogP) is 12.9. The summed E-state index contributed by atoms with van der Waals surface area (Å²) in [6.07, 6.45) is 25.2. The van der Waals surface area contributed by atoms with Crippen LogP contribution in [0, 0.1) is 0 Å². The quantitative estimate of drug-likeness (QED) is 0.125. The molecule has 43 heavy (non-hydrogen) atoms. The van der Waals surface area contributed by atoms with Gasteiger partial charge in [0.05, 0.1) is 0 Å². The Morgan fingerprint density at radius 3 is 1.37 bits per heavy atom. The largest absolute Gasteiger partial charge is 0.381 e. The van der Waals surface area contributed by atoms with Crippen LogP contribution in [-0.4, -0.2) is 13.2 Å². The van der Waals surface area contributed by atoms with Gasteiger partial charge in [0, 0.05) is 13.2 Å². The van der Waals surface area contributed by atoms with Crippen molar-refractivity contribution in [3.8, 4) is 0 Å². The first-order chi connectivity index (χ1) is 21.1. The Labute approximate surface area is 265 Å². The highest BCUT2D eigenvalue weighted by molar-refractivity contribution is 5.30. The highest BCUT2D eigenvalue weighted by Crippen LogP contribution is 2.36. The highest BCUT2D eigenvalue weighted by atomic mass is 16.5. The van der Waals surface area contributed by atoms with Crippen molar-refractivity contribution in [3.63, 3.8) is 0 Å². The molecule has 2 aliphatic carbocycles. The molecule has 4 unspecified atom stereocenters. The molecule has 0 saturated heterocycles. The summed E-state index contributed by atoms with van der Waals surface area (Å²) in [4.78, 5) is 0. The van der Waals surface area contributed by atoms with Gasteiger partial charge in [-0.2, -0.15) is 0 Å². The van der Waals surface area contributed by atoms with Crippen LogP contribution >= 0.6 is 0 Å². The van der Waals surface area contributed by atoms with Crippen LogP contribution in [0.15, 0.2) is 71.8 Å². The lowest BCUT2D eigenvalue weighted by Gasteiger charge is -2.23. The van der Waals surface area contributed by atoms with E-state index in [1.807, 2.05) is 0 Å². The molecule has 0 saturated carbocycles. The van der Waals surface area contributed by atoms with Crippen LogP contribution in [0.2, 0.25) is 0 Å². The van der Waals surface area contributed by atoms with Crippen molar-refractivity contribution in [1.82, 2.24) is 0 Å². The summed E-state index contributed by atoms with van der Waals surface area (Å²) in [5, 5.41) is 0. The Morgan fingerprint density at radius 1 is 0.605 bits per heavy atom. The molecule has 0 spiro atoms. The van der Waals surface area contributed by atoms with Gasteiger partial charge in [0.25, 0.3) is 0 Å². The average Bonchev–Trinajstić information content (AvgIpc) is 3.06. The molecule has 0 N–H and O–H groups in total. The summed E-state index contributed by atoms with van der Waals surface area (Å²) in [6.45, 7) is 11.1. The van der Waals surface area contributed by atoms with E-state index in [9.17, 15) is 0 Å². The van der Waals surface area contributed by atoms with E-state index in [0.717, 1.165) is 13.2 Å². The Morgan fingerprint density at radius 2 is 1.02 bits per heavy atom. The molecule has 0 aromatic heterocycles. The fraction of sp³-hybridized carbons (Fsp3) is 0.619. The van der Waals surface area contributed by atoms with E-state index in [-0.39, 0.29) is 0 Å². The number of hydrogen-bond donors (Lipinski definition) is 0. The number of allylic oxidation sites excluding steroid dienone is 4. The van der Waals surface area contributed by atoms with Gasteiger partial charge in [0.2, 0.25) is 0 Å². The van der Waals surface area contributed by atoms with Crippen LogP contribution in [-0.2, 0) is 4.74 Å². The summed E-state index contributed by atoms with van der Waals surface area (Å²) < 4.78 is 6.05. The smallest absolute Gasteiger partial charge is 0.0469 e. The SMILES string of the molecule is CCCCC(C)c1ccc(C2CC=C(CCCOCCCC3=CCC(c4ccc(C(C)CCCC)cc4)CC3)CC2)cc1. The lowest BCUT2D eigenvalue weighted by Crippen LogP contribution is -2.06. The minimum atomic E-state index is 0.684. The monoisotopic (exact) mass is 582 g/mol. The predicted molar refractivity (Wildman–Crippen MR) is 187 cm³/mol. The third-order valence-electron chi connectivity index (χ3n) is 10.5. The highest BCUT2D eigenvalue weighted by Gasteiger charge is 2.18. The molecule has 0 radical (unpaired) electrons. The number of ether oxygens (including phenoxy) is 1. The van der Waals surface area contributed by atoms with E-state index < -0.39 is 0 Å². The molecule has 1 nitrogen and oxygen atoms in total. The van der Waals surface area contributed by atoms with Crippen molar-refractivity contribution in [2.45, 2.75) is 154 Å². The normalized spacial score (nSPS) is 20.4. The zero-order chi connectivity index (χ0) is 30.3. The number of unbranched alkanes of at least 4 members (excludes halogenated alkanes) is 2. The van der Waals surface area contributed by atoms with Gasteiger partial charge in [-0.3, -0.25) is 0 Å². The van der Waals surface area contributed by atoms with E-state index in [1.165, 1.54) is 125 Å². The van der Waals surface area contributed by atoms with Crippen molar-refractivity contribution in [2.24, 2.45) is 0 Å². The fourth-order valence-electron chi connectivity index (χ4n) is 7.29. The standard InChI is InChI=1S/C42H62O/c1-5-7-11-33(3)37-23-27-41(28-24-37)39-19-15-35(16-20-39)13-9-31-43-32-10-14-36-17-21-40(22-18-36)42-29-25-38(26-30-42)34(4)12-8-6-2/h15,17,23-30,33-34,39-40H,5-14,16,18-22,31-32H2,1-4H3. The van der Waals surface area contributed by atoms with E-state index in [4.69, 9.17) is 4.74 Å². The van der Waals surface area contributed by atoms with Gasteiger partial charge in [0.15, 0.2) is 0 Å². The molecule has 2 aromatic rings. The van der Waals surface area contributed by atoms with Crippen LogP contribution in [0.5, 0.6) is 0 Å². The zero-order valence-electron chi connectivity index (χ0n) is 28.2. The number of rotatable bonds is 18. The maximum atomic E-state index is 6.05. The van der Waals surface area contributed by atoms with Gasteiger partial charge in [-0.25, -0.2) is 0 Å². The molecule has 0 heterocycles. The van der Waals surface area contributed by atoms with Crippen LogP contribution in [0.3, 0.4) is 0 Å². The third kappa shape index (κ3) is 11.1. The Bertz CT molecular complexity index is 1020. The second-order valence-electron chi connectivity index (χ2n) is 13.9. The van der Waals surface area contributed by atoms with Crippen LogP contribution in [0.25, 0.3) is 0 Å². The van der Waals surface area contributed by atoms with Gasteiger partial charge < -0.3 is 4.74 Å². The molecule has 4 rings (SSSR count). The van der Waals surface area contributed by atoms with Crippen LogP contribution in [0.1, 0.15) is 176 Å². The first-order valence-corrected chi connectivity index (χ1v) is 18.2. The minimum Gasteiger partial charge on any atom is -0.381 e. The molecular weight excluding hydrogens is 520 g/mol. The maximum absolute atomic E-state index is 6.05. The van der Waals surface area contributed by atoms with Gasteiger partial charge >= 0.3 is 0 Å². The molecular formula is C42H62O. The molecule has 4 atom stereocenters. The lowest BCUT2D eigenvalue weighted by molar-refractivity contribution is 0.129. The third-order valence-corrected chi connectivity index (χ3v) is 10.5. The minimum absolute atomic E-state index is 0.684. The van der Waals surface area contributed by atoms with Crippen molar-refractivity contribution < 1.29 is 4.74 Å². The fourth-order valence-corrected chi connectivity index (χ4v) is 7.29.